The fraction of sp³-hybridized carbons (Fsp3) is 0.429. The Balaban J connectivity index is 2.06. The molecule has 14 heavy (non-hydrogen) atoms. The first-order valence-corrected chi connectivity index (χ1v) is 5.67. The second-order valence-electron chi connectivity index (χ2n) is 4.09. The topological polar surface area (TPSA) is 0 Å². The molecule has 0 nitrogen and oxygen atoms in total. The molecule has 1 aliphatic rings. The van der Waals surface area contributed by atoms with Crippen molar-refractivity contribution < 1.29 is 0 Å². The highest BCUT2D eigenvalue weighted by Crippen LogP contribution is 2.28. The molecule has 0 heterocycles. The lowest BCUT2D eigenvalue weighted by Gasteiger charge is -2.17. The molecule has 0 bridgehead atoms. The molecule has 0 saturated carbocycles. The SMILES string of the molecule is C1=CCCC(c2ccccc2)CCC1. The molecule has 0 amide bonds. The van der Waals surface area contributed by atoms with Crippen LogP contribution >= 0.6 is 0 Å². The maximum atomic E-state index is 2.34. The van der Waals surface area contributed by atoms with Crippen molar-refractivity contribution in [3.63, 3.8) is 0 Å². The van der Waals surface area contributed by atoms with Crippen molar-refractivity contribution in [2.45, 2.75) is 38.0 Å². The van der Waals surface area contributed by atoms with Crippen molar-refractivity contribution in [3.8, 4) is 0 Å². The van der Waals surface area contributed by atoms with Gasteiger partial charge in [-0.3, -0.25) is 0 Å². The fourth-order valence-electron chi connectivity index (χ4n) is 2.22. The Kier molecular flexibility index (Phi) is 3.39. The van der Waals surface area contributed by atoms with Crippen LogP contribution in [0.4, 0.5) is 0 Å². The van der Waals surface area contributed by atoms with Gasteiger partial charge in [0.25, 0.3) is 0 Å². The molecule has 0 spiro atoms. The third-order valence-corrected chi connectivity index (χ3v) is 3.04. The van der Waals surface area contributed by atoms with Crippen molar-refractivity contribution in [1.29, 1.82) is 0 Å². The summed E-state index contributed by atoms with van der Waals surface area (Å²) in [5.74, 6) is 0.793. The average molecular weight is 186 g/mol. The summed E-state index contributed by atoms with van der Waals surface area (Å²) >= 11 is 0. The lowest BCUT2D eigenvalue weighted by atomic mass is 9.88. The Bertz CT molecular complexity index is 284. The zero-order valence-electron chi connectivity index (χ0n) is 8.65. The number of allylic oxidation sites excluding steroid dienone is 2. The van der Waals surface area contributed by atoms with Gasteiger partial charge in [-0.1, -0.05) is 42.5 Å². The van der Waals surface area contributed by atoms with Crippen molar-refractivity contribution in [2.75, 3.05) is 0 Å². The van der Waals surface area contributed by atoms with E-state index in [4.69, 9.17) is 0 Å². The smallest absolute Gasteiger partial charge is 0.0159 e. The Morgan fingerprint density at radius 2 is 1.64 bits per heavy atom. The minimum Gasteiger partial charge on any atom is -0.0885 e. The summed E-state index contributed by atoms with van der Waals surface area (Å²) in [5, 5.41) is 0. The van der Waals surface area contributed by atoms with Gasteiger partial charge in [0, 0.05) is 0 Å². The fourth-order valence-corrected chi connectivity index (χ4v) is 2.22. The number of hydrogen-bond donors (Lipinski definition) is 0. The van der Waals surface area contributed by atoms with Gasteiger partial charge in [-0.25, -0.2) is 0 Å². The second kappa shape index (κ2) is 4.99. The quantitative estimate of drug-likeness (QED) is 0.574. The van der Waals surface area contributed by atoms with Gasteiger partial charge in [-0.05, 0) is 43.6 Å². The Hall–Kier alpha value is -1.04. The Morgan fingerprint density at radius 3 is 2.50 bits per heavy atom. The van der Waals surface area contributed by atoms with Crippen LogP contribution in [0.2, 0.25) is 0 Å². The molecule has 0 N–H and O–H groups in total. The van der Waals surface area contributed by atoms with E-state index in [1.54, 1.807) is 0 Å². The van der Waals surface area contributed by atoms with Crippen LogP contribution in [0.1, 0.15) is 43.6 Å². The van der Waals surface area contributed by atoms with E-state index >= 15 is 0 Å². The highest BCUT2D eigenvalue weighted by molar-refractivity contribution is 5.19. The van der Waals surface area contributed by atoms with Gasteiger partial charge in [-0.15, -0.1) is 0 Å². The van der Waals surface area contributed by atoms with E-state index in [-0.39, 0.29) is 0 Å². The highest BCUT2D eigenvalue weighted by atomic mass is 14.2. The van der Waals surface area contributed by atoms with Crippen LogP contribution in [0.3, 0.4) is 0 Å². The van der Waals surface area contributed by atoms with E-state index in [9.17, 15) is 0 Å². The molecule has 1 atom stereocenters. The first-order chi connectivity index (χ1) is 6.97. The van der Waals surface area contributed by atoms with E-state index < -0.39 is 0 Å². The van der Waals surface area contributed by atoms with Crippen molar-refractivity contribution in [1.82, 2.24) is 0 Å². The van der Waals surface area contributed by atoms with Gasteiger partial charge in [0.2, 0.25) is 0 Å². The van der Waals surface area contributed by atoms with Crippen LogP contribution in [-0.4, -0.2) is 0 Å². The minimum atomic E-state index is 0.793. The van der Waals surface area contributed by atoms with Gasteiger partial charge >= 0.3 is 0 Å². The summed E-state index contributed by atoms with van der Waals surface area (Å²) in [7, 11) is 0. The van der Waals surface area contributed by atoms with Crippen LogP contribution in [0, 0.1) is 0 Å². The monoisotopic (exact) mass is 186 g/mol. The van der Waals surface area contributed by atoms with Crippen LogP contribution in [0.5, 0.6) is 0 Å². The molecule has 0 fully saturated rings. The molecule has 1 aromatic rings. The molecule has 1 unspecified atom stereocenters. The molecule has 0 saturated heterocycles. The van der Waals surface area contributed by atoms with E-state index in [1.165, 1.54) is 37.7 Å². The molecule has 2 rings (SSSR count). The lowest BCUT2D eigenvalue weighted by molar-refractivity contribution is 0.550. The summed E-state index contributed by atoms with van der Waals surface area (Å²) in [4.78, 5) is 0. The van der Waals surface area contributed by atoms with E-state index in [2.05, 4.69) is 42.5 Å². The third-order valence-electron chi connectivity index (χ3n) is 3.04. The predicted octanol–water partition coefficient (Wildman–Crippen LogP) is 4.29. The van der Waals surface area contributed by atoms with E-state index in [0.29, 0.717) is 0 Å². The van der Waals surface area contributed by atoms with Gasteiger partial charge in [0.1, 0.15) is 0 Å². The maximum Gasteiger partial charge on any atom is -0.0159 e. The zero-order chi connectivity index (χ0) is 9.64. The predicted molar refractivity (Wildman–Crippen MR) is 61.4 cm³/mol. The van der Waals surface area contributed by atoms with Crippen LogP contribution < -0.4 is 0 Å². The molecule has 0 aromatic heterocycles. The van der Waals surface area contributed by atoms with Crippen molar-refractivity contribution in [3.05, 3.63) is 48.0 Å². The average Bonchev–Trinajstić information content (AvgIpc) is 2.18. The number of hydrogen-bond acceptors (Lipinski definition) is 0. The molecule has 0 radical (unpaired) electrons. The molecule has 0 aliphatic heterocycles. The minimum absolute atomic E-state index is 0.793. The first kappa shape index (κ1) is 9.51. The van der Waals surface area contributed by atoms with Crippen molar-refractivity contribution in [2.24, 2.45) is 0 Å². The van der Waals surface area contributed by atoms with E-state index in [0.717, 1.165) is 5.92 Å². The molecule has 0 heteroatoms. The number of benzene rings is 1. The largest absolute Gasteiger partial charge is 0.0885 e. The zero-order valence-corrected chi connectivity index (χ0v) is 8.65. The normalized spacial score (nSPS) is 22.7. The Morgan fingerprint density at radius 1 is 0.857 bits per heavy atom. The Labute approximate surface area is 86.7 Å². The summed E-state index contributed by atoms with van der Waals surface area (Å²) in [5.41, 5.74) is 1.53. The van der Waals surface area contributed by atoms with Crippen LogP contribution in [0.15, 0.2) is 42.5 Å². The maximum absolute atomic E-state index is 2.34. The molecule has 74 valence electrons. The second-order valence-corrected chi connectivity index (χ2v) is 4.09. The molecule has 1 aromatic carbocycles. The van der Waals surface area contributed by atoms with Crippen LogP contribution in [-0.2, 0) is 0 Å². The van der Waals surface area contributed by atoms with Gasteiger partial charge in [-0.2, -0.15) is 0 Å². The van der Waals surface area contributed by atoms with Gasteiger partial charge in [0.15, 0.2) is 0 Å². The lowest BCUT2D eigenvalue weighted by Crippen LogP contribution is -1.99. The first-order valence-electron chi connectivity index (χ1n) is 5.67. The summed E-state index contributed by atoms with van der Waals surface area (Å²) in [6.45, 7) is 0. The molecular weight excluding hydrogens is 168 g/mol. The summed E-state index contributed by atoms with van der Waals surface area (Å²) < 4.78 is 0. The van der Waals surface area contributed by atoms with Crippen LogP contribution in [0.25, 0.3) is 0 Å². The van der Waals surface area contributed by atoms with Gasteiger partial charge in [0.05, 0.1) is 0 Å². The third kappa shape index (κ3) is 2.47. The number of rotatable bonds is 1. The van der Waals surface area contributed by atoms with Gasteiger partial charge < -0.3 is 0 Å². The molecule has 1 aliphatic carbocycles. The van der Waals surface area contributed by atoms with Crippen molar-refractivity contribution >= 4 is 0 Å². The highest BCUT2D eigenvalue weighted by Gasteiger charge is 2.10. The standard InChI is InChI=1S/C14H18/c1-2-5-9-13(10-6-3-1)14-11-7-4-8-12-14/h1-2,4,7-8,11-13H,3,5-6,9-10H2. The molecular formula is C14H18. The van der Waals surface area contributed by atoms with E-state index in [1.807, 2.05) is 0 Å². The summed E-state index contributed by atoms with van der Waals surface area (Å²) in [6, 6.07) is 11.0. The summed E-state index contributed by atoms with van der Waals surface area (Å²) in [6.07, 6.45) is 11.2.